The number of nitrogens with zero attached hydrogens (tertiary/aromatic N) is 3. The van der Waals surface area contributed by atoms with Gasteiger partial charge in [0.05, 0.1) is 11.4 Å². The van der Waals surface area contributed by atoms with E-state index in [4.69, 9.17) is 9.97 Å². The van der Waals surface area contributed by atoms with Crippen molar-refractivity contribution in [1.82, 2.24) is 15.0 Å². The van der Waals surface area contributed by atoms with Gasteiger partial charge in [-0.2, -0.15) is 0 Å². The summed E-state index contributed by atoms with van der Waals surface area (Å²) in [7, 11) is 0. The van der Waals surface area contributed by atoms with Crippen molar-refractivity contribution in [3.8, 4) is 33.9 Å². The van der Waals surface area contributed by atoms with Crippen molar-refractivity contribution in [3.63, 3.8) is 0 Å². The van der Waals surface area contributed by atoms with Crippen LogP contribution >= 0.6 is 0 Å². The van der Waals surface area contributed by atoms with Gasteiger partial charge in [-0.15, -0.1) is 0 Å². The quantitative estimate of drug-likeness (QED) is 0.223. The topological polar surface area (TPSA) is 38.7 Å². The highest BCUT2D eigenvalue weighted by Gasteiger charge is 2.12. The van der Waals surface area contributed by atoms with Gasteiger partial charge < -0.3 is 0 Å². The summed E-state index contributed by atoms with van der Waals surface area (Å²) in [6.07, 6.45) is 3.57. The van der Waals surface area contributed by atoms with E-state index in [-0.39, 0.29) is 0 Å². The third-order valence-corrected chi connectivity index (χ3v) is 7.67. The van der Waals surface area contributed by atoms with Gasteiger partial charge in [-0.1, -0.05) is 72.8 Å². The Morgan fingerprint density at radius 2 is 0.750 bits per heavy atom. The molecule has 8 aromatic rings. The van der Waals surface area contributed by atoms with Crippen LogP contribution in [0.5, 0.6) is 0 Å². The second-order valence-corrected chi connectivity index (χ2v) is 10.2. The fourth-order valence-corrected chi connectivity index (χ4v) is 5.57. The van der Waals surface area contributed by atoms with E-state index in [1.165, 1.54) is 43.1 Å². The monoisotopic (exact) mass is 509 g/mol. The lowest BCUT2D eigenvalue weighted by molar-refractivity contribution is 1.18. The molecule has 0 spiro atoms. The summed E-state index contributed by atoms with van der Waals surface area (Å²) in [6, 6.07) is 45.2. The van der Waals surface area contributed by atoms with E-state index >= 15 is 0 Å². The Kier molecular flexibility index (Phi) is 5.14. The number of fused-ring (bicyclic) bond motifs is 4. The normalized spacial score (nSPS) is 11.5. The third-order valence-electron chi connectivity index (χ3n) is 7.67. The zero-order valence-corrected chi connectivity index (χ0v) is 21.6. The number of hydrogen-bond acceptors (Lipinski definition) is 3. The van der Waals surface area contributed by atoms with Crippen LogP contribution in [0.25, 0.3) is 77.0 Å². The van der Waals surface area contributed by atoms with Crippen LogP contribution in [0.2, 0.25) is 0 Å². The lowest BCUT2D eigenvalue weighted by Gasteiger charge is -2.11. The molecule has 0 N–H and O–H groups in total. The van der Waals surface area contributed by atoms with E-state index in [9.17, 15) is 0 Å². The zero-order chi connectivity index (χ0) is 26.5. The minimum Gasteiger partial charge on any atom is -0.265 e. The molecule has 0 aliphatic carbocycles. The van der Waals surface area contributed by atoms with Crippen LogP contribution in [0.15, 0.2) is 140 Å². The van der Waals surface area contributed by atoms with Crippen LogP contribution in [0, 0.1) is 0 Å². The summed E-state index contributed by atoms with van der Waals surface area (Å²) in [6.45, 7) is 0. The van der Waals surface area contributed by atoms with E-state index in [0.29, 0.717) is 5.82 Å². The Bertz CT molecular complexity index is 2080. The molecule has 0 bridgehead atoms. The number of rotatable bonds is 3. The van der Waals surface area contributed by atoms with Gasteiger partial charge in [-0.3, -0.25) is 4.98 Å². The Morgan fingerprint density at radius 1 is 0.325 bits per heavy atom. The summed E-state index contributed by atoms with van der Waals surface area (Å²) in [5, 5.41) is 9.78. The van der Waals surface area contributed by atoms with Crippen LogP contribution < -0.4 is 0 Å². The predicted octanol–water partition coefficient (Wildman–Crippen LogP) is 9.49. The summed E-state index contributed by atoms with van der Waals surface area (Å²) in [4.78, 5) is 14.3. The molecule has 6 aromatic carbocycles. The van der Waals surface area contributed by atoms with Gasteiger partial charge in [0, 0.05) is 29.1 Å². The van der Waals surface area contributed by atoms with E-state index in [0.717, 1.165) is 28.1 Å². The molecule has 0 fully saturated rings. The molecule has 40 heavy (non-hydrogen) atoms. The SMILES string of the molecule is c1ccc2cc3cc(-c4cc(-c5ccc6cc7ccccc7cc6c5)nc(-c5ccncc5)n4)ccc3cc2c1. The second kappa shape index (κ2) is 9.11. The summed E-state index contributed by atoms with van der Waals surface area (Å²) in [5.74, 6) is 0.687. The lowest BCUT2D eigenvalue weighted by atomic mass is 9.98. The number of pyridine rings is 1. The van der Waals surface area contributed by atoms with Crippen molar-refractivity contribution in [1.29, 1.82) is 0 Å². The first-order chi connectivity index (χ1) is 19.8. The van der Waals surface area contributed by atoms with Gasteiger partial charge in [-0.05, 0) is 97.7 Å². The Hall–Kier alpha value is -5.41. The molecule has 0 radical (unpaired) electrons. The summed E-state index contributed by atoms with van der Waals surface area (Å²) in [5.41, 5.74) is 4.86. The molecular formula is C37H23N3. The van der Waals surface area contributed by atoms with Crippen molar-refractivity contribution in [3.05, 3.63) is 140 Å². The van der Waals surface area contributed by atoms with Crippen LogP contribution in [0.1, 0.15) is 0 Å². The Balaban J connectivity index is 1.31. The van der Waals surface area contributed by atoms with E-state index in [1.54, 1.807) is 12.4 Å². The van der Waals surface area contributed by atoms with Crippen LogP contribution in [-0.4, -0.2) is 15.0 Å². The minimum absolute atomic E-state index is 0.687. The molecule has 0 aliphatic rings. The predicted molar refractivity (Wildman–Crippen MR) is 166 cm³/mol. The molecule has 0 aliphatic heterocycles. The van der Waals surface area contributed by atoms with Gasteiger partial charge in [-0.25, -0.2) is 9.97 Å². The number of benzene rings is 6. The zero-order valence-electron chi connectivity index (χ0n) is 21.6. The van der Waals surface area contributed by atoms with Crippen LogP contribution in [0.4, 0.5) is 0 Å². The number of hydrogen-bond donors (Lipinski definition) is 0. The first kappa shape index (κ1) is 22.6. The Morgan fingerprint density at radius 3 is 1.23 bits per heavy atom. The third kappa shape index (κ3) is 3.96. The molecule has 186 valence electrons. The maximum Gasteiger partial charge on any atom is 0.160 e. The molecular weight excluding hydrogens is 486 g/mol. The Labute approximate surface area is 231 Å². The fraction of sp³-hybridized carbons (Fsp3) is 0. The average molecular weight is 510 g/mol. The molecule has 0 saturated carbocycles. The van der Waals surface area contributed by atoms with Crippen molar-refractivity contribution < 1.29 is 0 Å². The van der Waals surface area contributed by atoms with E-state index in [2.05, 4.69) is 120 Å². The van der Waals surface area contributed by atoms with Crippen molar-refractivity contribution in [2.75, 3.05) is 0 Å². The lowest BCUT2D eigenvalue weighted by Crippen LogP contribution is -1.96. The second-order valence-electron chi connectivity index (χ2n) is 10.2. The molecule has 8 rings (SSSR count). The standard InChI is InChI=1S/C37H23N3/c1-3-7-27-19-33-21-31(11-9-29(33)17-25(27)5-1)35-23-36(40-37(39-35)24-13-15-38-16-14-24)32-12-10-30-18-26-6-2-4-8-28(26)20-34(30)22-32/h1-23H. The van der Waals surface area contributed by atoms with E-state index in [1.807, 2.05) is 12.1 Å². The van der Waals surface area contributed by atoms with Crippen molar-refractivity contribution in [2.45, 2.75) is 0 Å². The molecule has 2 heterocycles. The first-order valence-corrected chi connectivity index (χ1v) is 13.4. The highest BCUT2D eigenvalue weighted by Crippen LogP contribution is 2.33. The molecule has 3 heteroatoms. The van der Waals surface area contributed by atoms with Crippen molar-refractivity contribution >= 4 is 43.1 Å². The molecule has 2 aromatic heterocycles. The highest BCUT2D eigenvalue weighted by molar-refractivity contribution is 6.01. The minimum atomic E-state index is 0.687. The molecule has 0 atom stereocenters. The first-order valence-electron chi connectivity index (χ1n) is 13.4. The summed E-state index contributed by atoms with van der Waals surface area (Å²) < 4.78 is 0. The average Bonchev–Trinajstić information content (AvgIpc) is 3.02. The molecule has 0 unspecified atom stereocenters. The molecule has 3 nitrogen and oxygen atoms in total. The summed E-state index contributed by atoms with van der Waals surface area (Å²) >= 11 is 0. The fourth-order valence-electron chi connectivity index (χ4n) is 5.57. The van der Waals surface area contributed by atoms with Gasteiger partial charge in [0.15, 0.2) is 5.82 Å². The highest BCUT2D eigenvalue weighted by atomic mass is 14.9. The smallest absolute Gasteiger partial charge is 0.160 e. The van der Waals surface area contributed by atoms with Crippen molar-refractivity contribution in [2.24, 2.45) is 0 Å². The van der Waals surface area contributed by atoms with Gasteiger partial charge in [0.25, 0.3) is 0 Å². The maximum absolute atomic E-state index is 5.03. The van der Waals surface area contributed by atoms with Crippen LogP contribution in [-0.2, 0) is 0 Å². The largest absolute Gasteiger partial charge is 0.265 e. The molecule has 0 amide bonds. The van der Waals surface area contributed by atoms with Gasteiger partial charge in [0.2, 0.25) is 0 Å². The van der Waals surface area contributed by atoms with Gasteiger partial charge in [0.1, 0.15) is 0 Å². The van der Waals surface area contributed by atoms with Gasteiger partial charge >= 0.3 is 0 Å². The van der Waals surface area contributed by atoms with E-state index < -0.39 is 0 Å². The molecule has 0 saturated heterocycles. The van der Waals surface area contributed by atoms with Crippen LogP contribution in [0.3, 0.4) is 0 Å². The maximum atomic E-state index is 5.03. The number of aromatic nitrogens is 3.